The van der Waals surface area contributed by atoms with Crippen molar-refractivity contribution in [2.24, 2.45) is 0 Å². The molecule has 5 heteroatoms. The van der Waals surface area contributed by atoms with Crippen LogP contribution in [0.5, 0.6) is 11.5 Å². The summed E-state index contributed by atoms with van der Waals surface area (Å²) in [7, 11) is 1.48. The Morgan fingerprint density at radius 2 is 2.04 bits per heavy atom. The molecule has 0 unspecified atom stereocenters. The van der Waals surface area contributed by atoms with Gasteiger partial charge < -0.3 is 9.84 Å². The highest BCUT2D eigenvalue weighted by Gasteiger charge is 2.17. The number of pyridine rings is 1. The molecule has 2 aromatic carbocycles. The topological polar surface area (TPSA) is 66.1 Å². The minimum atomic E-state index is -0.408. The van der Waals surface area contributed by atoms with Crippen LogP contribution in [0, 0.1) is 17.1 Å². The number of halogens is 1. The number of phenolic OH excluding ortho intramolecular Hbond substituents is 1. The Kier molecular flexibility index (Phi) is 4.62. The first-order valence-electron chi connectivity index (χ1n) is 7.62. The molecule has 0 saturated heterocycles. The largest absolute Gasteiger partial charge is 0.508 e. The molecular formula is C20H15FN2O2. The number of ether oxygens (including phenoxy) is 1. The molecule has 25 heavy (non-hydrogen) atoms. The van der Waals surface area contributed by atoms with Gasteiger partial charge in [-0.2, -0.15) is 5.26 Å². The second-order valence-corrected chi connectivity index (χ2v) is 5.51. The van der Waals surface area contributed by atoms with E-state index < -0.39 is 5.82 Å². The van der Waals surface area contributed by atoms with Crippen molar-refractivity contribution in [3.63, 3.8) is 0 Å². The molecule has 1 aromatic heterocycles. The van der Waals surface area contributed by atoms with Crippen LogP contribution >= 0.6 is 0 Å². The third-order valence-electron chi connectivity index (χ3n) is 3.87. The highest BCUT2D eigenvalue weighted by atomic mass is 19.1. The number of methoxy groups -OCH3 is 1. The number of phenols is 1. The van der Waals surface area contributed by atoms with Gasteiger partial charge in [-0.25, -0.2) is 9.37 Å². The lowest BCUT2D eigenvalue weighted by Crippen LogP contribution is -1.99. The Morgan fingerprint density at radius 3 is 2.68 bits per heavy atom. The first-order valence-corrected chi connectivity index (χ1v) is 7.62. The molecule has 3 aromatic rings. The van der Waals surface area contributed by atoms with Crippen molar-refractivity contribution >= 4 is 0 Å². The highest BCUT2D eigenvalue weighted by molar-refractivity contribution is 5.73. The smallest absolute Gasteiger partial charge is 0.140 e. The van der Waals surface area contributed by atoms with Crippen LogP contribution in [-0.2, 0) is 6.42 Å². The molecule has 0 aliphatic carbocycles. The molecule has 0 aliphatic heterocycles. The maximum atomic E-state index is 15.1. The Hall–Kier alpha value is -3.39. The normalized spacial score (nSPS) is 10.3. The molecule has 1 N–H and O–H groups in total. The van der Waals surface area contributed by atoms with Crippen LogP contribution in [-0.4, -0.2) is 17.2 Å². The summed E-state index contributed by atoms with van der Waals surface area (Å²) in [4.78, 5) is 4.01. The first-order chi connectivity index (χ1) is 12.1. The number of hydrogen-bond donors (Lipinski definition) is 1. The van der Waals surface area contributed by atoms with Crippen molar-refractivity contribution < 1.29 is 14.2 Å². The van der Waals surface area contributed by atoms with Crippen LogP contribution in [0.15, 0.2) is 54.7 Å². The van der Waals surface area contributed by atoms with Crippen LogP contribution in [0.3, 0.4) is 0 Å². The standard InChI is InChI=1S/C20H15FN2O2/c1-25-18-8-6-15(9-13-5-7-16(11-22)23-12-13)20(21)19(18)14-3-2-4-17(24)10-14/h2-8,10,12,24H,9H2,1H3. The molecule has 0 bridgehead atoms. The van der Waals surface area contributed by atoms with Crippen LogP contribution in [0.2, 0.25) is 0 Å². The van der Waals surface area contributed by atoms with Gasteiger partial charge >= 0.3 is 0 Å². The SMILES string of the molecule is COc1ccc(Cc2ccc(C#N)nc2)c(F)c1-c1cccc(O)c1. The van der Waals surface area contributed by atoms with Crippen LogP contribution in [0.4, 0.5) is 4.39 Å². The lowest BCUT2D eigenvalue weighted by atomic mass is 9.97. The van der Waals surface area contributed by atoms with E-state index in [2.05, 4.69) is 4.98 Å². The third-order valence-corrected chi connectivity index (χ3v) is 3.87. The van der Waals surface area contributed by atoms with Crippen molar-refractivity contribution in [1.82, 2.24) is 4.98 Å². The number of aromatic nitrogens is 1. The summed E-state index contributed by atoms with van der Waals surface area (Å²) in [5.41, 5.74) is 2.43. The lowest BCUT2D eigenvalue weighted by Gasteiger charge is -2.13. The van der Waals surface area contributed by atoms with Crippen LogP contribution in [0.1, 0.15) is 16.8 Å². The quantitative estimate of drug-likeness (QED) is 0.781. The summed E-state index contributed by atoms with van der Waals surface area (Å²) in [5, 5.41) is 18.5. The predicted molar refractivity (Wildman–Crippen MR) is 91.8 cm³/mol. The van der Waals surface area contributed by atoms with Crippen LogP contribution < -0.4 is 4.74 Å². The number of nitrogens with zero attached hydrogens (tertiary/aromatic N) is 2. The molecule has 0 atom stereocenters. The number of hydrogen-bond acceptors (Lipinski definition) is 4. The van der Waals surface area contributed by atoms with Gasteiger partial charge in [0.25, 0.3) is 0 Å². The Bertz CT molecular complexity index is 947. The number of nitriles is 1. The van der Waals surface area contributed by atoms with Gasteiger partial charge in [-0.15, -0.1) is 0 Å². The maximum Gasteiger partial charge on any atom is 0.140 e. The zero-order valence-corrected chi connectivity index (χ0v) is 13.5. The molecular weight excluding hydrogens is 319 g/mol. The van der Waals surface area contributed by atoms with E-state index in [-0.39, 0.29) is 5.75 Å². The fraction of sp³-hybridized carbons (Fsp3) is 0.100. The first kappa shape index (κ1) is 16.5. The van der Waals surface area contributed by atoms with E-state index in [0.29, 0.717) is 34.6 Å². The molecule has 0 saturated carbocycles. The molecule has 0 aliphatic rings. The molecule has 3 rings (SSSR count). The van der Waals surface area contributed by atoms with Gasteiger partial charge in [-0.05, 0) is 41.0 Å². The minimum Gasteiger partial charge on any atom is -0.508 e. The predicted octanol–water partition coefficient (Wildman–Crippen LogP) is 4.06. The fourth-order valence-electron chi connectivity index (χ4n) is 2.65. The Labute approximate surface area is 144 Å². The summed E-state index contributed by atoms with van der Waals surface area (Å²) < 4.78 is 20.4. The Morgan fingerprint density at radius 1 is 1.20 bits per heavy atom. The van der Waals surface area contributed by atoms with E-state index in [1.165, 1.54) is 19.2 Å². The number of benzene rings is 2. The van der Waals surface area contributed by atoms with Gasteiger partial charge in [0, 0.05) is 12.6 Å². The van der Waals surface area contributed by atoms with Crippen molar-refractivity contribution in [3.8, 4) is 28.7 Å². The van der Waals surface area contributed by atoms with E-state index in [9.17, 15) is 5.11 Å². The second kappa shape index (κ2) is 7.02. The monoisotopic (exact) mass is 334 g/mol. The van der Waals surface area contributed by atoms with Gasteiger partial charge in [-0.3, -0.25) is 0 Å². The summed E-state index contributed by atoms with van der Waals surface area (Å²) in [6.07, 6.45) is 1.90. The zero-order valence-electron chi connectivity index (χ0n) is 13.5. The summed E-state index contributed by atoms with van der Waals surface area (Å²) in [6.45, 7) is 0. The molecule has 124 valence electrons. The average molecular weight is 334 g/mol. The third kappa shape index (κ3) is 3.43. The highest BCUT2D eigenvalue weighted by Crippen LogP contribution is 2.36. The molecule has 0 radical (unpaired) electrons. The zero-order chi connectivity index (χ0) is 17.8. The van der Waals surface area contributed by atoms with Crippen molar-refractivity contribution in [1.29, 1.82) is 5.26 Å². The fourth-order valence-corrected chi connectivity index (χ4v) is 2.65. The number of rotatable bonds is 4. The summed E-state index contributed by atoms with van der Waals surface area (Å²) in [6, 6.07) is 15.1. The van der Waals surface area contributed by atoms with Gasteiger partial charge in [0.05, 0.1) is 12.7 Å². The van der Waals surface area contributed by atoms with Crippen molar-refractivity contribution in [3.05, 3.63) is 77.4 Å². The molecule has 1 heterocycles. The van der Waals surface area contributed by atoms with E-state index in [4.69, 9.17) is 10.00 Å². The Balaban J connectivity index is 2.04. The van der Waals surface area contributed by atoms with Gasteiger partial charge in [0.15, 0.2) is 0 Å². The van der Waals surface area contributed by atoms with E-state index in [1.807, 2.05) is 6.07 Å². The maximum absolute atomic E-state index is 15.1. The molecule has 0 fully saturated rings. The molecule has 0 spiro atoms. The lowest BCUT2D eigenvalue weighted by molar-refractivity contribution is 0.413. The van der Waals surface area contributed by atoms with Gasteiger partial charge in [-0.1, -0.05) is 24.3 Å². The number of aromatic hydroxyl groups is 1. The van der Waals surface area contributed by atoms with Gasteiger partial charge in [0.2, 0.25) is 0 Å². The second-order valence-electron chi connectivity index (χ2n) is 5.51. The molecule has 4 nitrogen and oxygen atoms in total. The minimum absolute atomic E-state index is 0.0562. The van der Waals surface area contributed by atoms with E-state index in [0.717, 1.165) is 5.56 Å². The van der Waals surface area contributed by atoms with Crippen molar-refractivity contribution in [2.75, 3.05) is 7.11 Å². The van der Waals surface area contributed by atoms with Gasteiger partial charge in [0.1, 0.15) is 29.1 Å². The summed E-state index contributed by atoms with van der Waals surface area (Å²) >= 11 is 0. The molecule has 0 amide bonds. The van der Waals surface area contributed by atoms with E-state index >= 15 is 4.39 Å². The van der Waals surface area contributed by atoms with Crippen LogP contribution in [0.25, 0.3) is 11.1 Å². The van der Waals surface area contributed by atoms with Crippen molar-refractivity contribution in [2.45, 2.75) is 6.42 Å². The summed E-state index contributed by atoms with van der Waals surface area (Å²) in [5.74, 6) is 0.0414. The van der Waals surface area contributed by atoms with E-state index in [1.54, 1.807) is 42.6 Å². The average Bonchev–Trinajstić information content (AvgIpc) is 2.63.